The number of hydrogen-bond donors (Lipinski definition) is 1. The summed E-state index contributed by atoms with van der Waals surface area (Å²) >= 11 is 0. The van der Waals surface area contributed by atoms with Gasteiger partial charge in [-0.1, -0.05) is 13.8 Å². The van der Waals surface area contributed by atoms with Crippen molar-refractivity contribution in [2.24, 2.45) is 18.7 Å². The molecule has 1 aromatic heterocycles. The molecule has 1 rings (SSSR count). The molecule has 0 bridgehead atoms. The van der Waals surface area contributed by atoms with Crippen LogP contribution in [0.25, 0.3) is 0 Å². The Hall–Kier alpha value is -0.610. The highest BCUT2D eigenvalue weighted by atomic mass is 35.5. The third-order valence-corrected chi connectivity index (χ3v) is 1.80. The molecule has 76 valence electrons. The summed E-state index contributed by atoms with van der Waals surface area (Å²) in [6.07, 6.45) is 2.49. The van der Waals surface area contributed by atoms with E-state index in [0.717, 1.165) is 12.2 Å². The molecule has 0 radical (unpaired) electrons. The van der Waals surface area contributed by atoms with Crippen molar-refractivity contribution in [2.75, 3.05) is 0 Å². The van der Waals surface area contributed by atoms with Gasteiger partial charge in [0.05, 0.1) is 6.04 Å². The summed E-state index contributed by atoms with van der Waals surface area (Å²) in [6, 6.07) is 0.0116. The monoisotopic (exact) mass is 204 g/mol. The van der Waals surface area contributed by atoms with Crippen molar-refractivity contribution in [3.05, 3.63) is 12.2 Å². The van der Waals surface area contributed by atoms with Crippen LogP contribution >= 0.6 is 12.4 Å². The van der Waals surface area contributed by atoms with Crippen LogP contribution in [0.15, 0.2) is 6.33 Å². The van der Waals surface area contributed by atoms with E-state index < -0.39 is 0 Å². The molecule has 0 unspecified atom stereocenters. The maximum absolute atomic E-state index is 5.92. The SMILES string of the molecule is CC(C)C[C@@H](N)c1ncnn1C.Cl. The summed E-state index contributed by atoms with van der Waals surface area (Å²) in [5.74, 6) is 1.46. The minimum absolute atomic E-state index is 0. The van der Waals surface area contributed by atoms with Gasteiger partial charge in [-0.25, -0.2) is 4.98 Å². The van der Waals surface area contributed by atoms with Gasteiger partial charge in [-0.2, -0.15) is 5.10 Å². The van der Waals surface area contributed by atoms with E-state index in [1.165, 1.54) is 6.33 Å². The normalized spacial score (nSPS) is 12.7. The Kier molecular flexibility index (Phi) is 4.95. The molecule has 13 heavy (non-hydrogen) atoms. The number of halogens is 1. The van der Waals surface area contributed by atoms with Gasteiger partial charge in [-0.15, -0.1) is 12.4 Å². The van der Waals surface area contributed by atoms with Crippen LogP contribution < -0.4 is 5.73 Å². The van der Waals surface area contributed by atoms with Gasteiger partial charge >= 0.3 is 0 Å². The molecule has 0 saturated carbocycles. The number of aryl methyl sites for hydroxylation is 1. The van der Waals surface area contributed by atoms with Crippen molar-refractivity contribution in [2.45, 2.75) is 26.3 Å². The highest BCUT2D eigenvalue weighted by Gasteiger charge is 2.12. The molecule has 0 aliphatic heterocycles. The Labute approximate surface area is 84.9 Å². The maximum atomic E-state index is 5.92. The van der Waals surface area contributed by atoms with Crippen LogP contribution in [0.1, 0.15) is 32.1 Å². The van der Waals surface area contributed by atoms with E-state index in [-0.39, 0.29) is 18.4 Å². The van der Waals surface area contributed by atoms with Crippen molar-refractivity contribution in [3.8, 4) is 0 Å². The lowest BCUT2D eigenvalue weighted by Gasteiger charge is -2.12. The number of nitrogens with two attached hydrogens (primary N) is 1. The summed E-state index contributed by atoms with van der Waals surface area (Å²) in [5.41, 5.74) is 5.92. The molecule has 0 aliphatic carbocycles. The van der Waals surface area contributed by atoms with Gasteiger partial charge in [0.15, 0.2) is 0 Å². The average Bonchev–Trinajstić information content (AvgIpc) is 2.33. The van der Waals surface area contributed by atoms with Crippen molar-refractivity contribution in [1.29, 1.82) is 0 Å². The van der Waals surface area contributed by atoms with Gasteiger partial charge in [0.25, 0.3) is 0 Å². The van der Waals surface area contributed by atoms with E-state index in [2.05, 4.69) is 23.9 Å². The van der Waals surface area contributed by atoms with Crippen LogP contribution in [0.4, 0.5) is 0 Å². The van der Waals surface area contributed by atoms with Gasteiger partial charge in [-0.05, 0) is 12.3 Å². The summed E-state index contributed by atoms with van der Waals surface area (Å²) < 4.78 is 1.73. The smallest absolute Gasteiger partial charge is 0.143 e. The van der Waals surface area contributed by atoms with Crippen molar-refractivity contribution < 1.29 is 0 Å². The Bertz CT molecular complexity index is 246. The Balaban J connectivity index is 0.00000144. The molecule has 0 aliphatic rings. The summed E-state index contributed by atoms with van der Waals surface area (Å²) in [6.45, 7) is 4.30. The first kappa shape index (κ1) is 12.4. The highest BCUT2D eigenvalue weighted by molar-refractivity contribution is 5.85. The summed E-state index contributed by atoms with van der Waals surface area (Å²) in [4.78, 5) is 4.10. The summed E-state index contributed by atoms with van der Waals surface area (Å²) in [5, 5.41) is 3.97. The Morgan fingerprint density at radius 1 is 1.54 bits per heavy atom. The first-order valence-electron chi connectivity index (χ1n) is 4.20. The van der Waals surface area contributed by atoms with Crippen LogP contribution in [0, 0.1) is 5.92 Å². The van der Waals surface area contributed by atoms with E-state index in [1.807, 2.05) is 7.05 Å². The Morgan fingerprint density at radius 3 is 2.54 bits per heavy atom. The molecule has 5 heteroatoms. The highest BCUT2D eigenvalue weighted by Crippen LogP contribution is 2.15. The maximum Gasteiger partial charge on any atom is 0.143 e. The van der Waals surface area contributed by atoms with E-state index in [1.54, 1.807) is 4.68 Å². The van der Waals surface area contributed by atoms with E-state index in [0.29, 0.717) is 5.92 Å². The van der Waals surface area contributed by atoms with Gasteiger partial charge in [-0.3, -0.25) is 4.68 Å². The second kappa shape index (κ2) is 5.19. The molecular formula is C8H17ClN4. The van der Waals surface area contributed by atoms with E-state index >= 15 is 0 Å². The van der Waals surface area contributed by atoms with Crippen molar-refractivity contribution in [1.82, 2.24) is 14.8 Å². The molecular weight excluding hydrogens is 188 g/mol. The van der Waals surface area contributed by atoms with E-state index in [9.17, 15) is 0 Å². The van der Waals surface area contributed by atoms with Crippen molar-refractivity contribution in [3.63, 3.8) is 0 Å². The molecule has 0 amide bonds. The number of hydrogen-bond acceptors (Lipinski definition) is 3. The molecule has 1 aromatic rings. The zero-order valence-corrected chi connectivity index (χ0v) is 9.08. The molecule has 0 spiro atoms. The fourth-order valence-electron chi connectivity index (χ4n) is 1.25. The lowest BCUT2D eigenvalue weighted by Crippen LogP contribution is -2.17. The van der Waals surface area contributed by atoms with Crippen LogP contribution in [0.2, 0.25) is 0 Å². The van der Waals surface area contributed by atoms with Crippen LogP contribution in [-0.2, 0) is 7.05 Å². The predicted octanol–water partition coefficient (Wildman–Crippen LogP) is 1.28. The lowest BCUT2D eigenvalue weighted by atomic mass is 10.0. The third-order valence-electron chi connectivity index (χ3n) is 1.80. The standard InChI is InChI=1S/C8H16N4.ClH/c1-6(2)4-7(9)8-10-5-11-12(8)3;/h5-7H,4,9H2,1-3H3;1H/t7-;/m1./s1. The minimum Gasteiger partial charge on any atom is -0.321 e. The third kappa shape index (κ3) is 3.32. The van der Waals surface area contributed by atoms with Crippen LogP contribution in [0.3, 0.4) is 0 Å². The first-order chi connectivity index (χ1) is 5.61. The average molecular weight is 205 g/mol. The van der Waals surface area contributed by atoms with Gasteiger partial charge in [0.2, 0.25) is 0 Å². The van der Waals surface area contributed by atoms with E-state index in [4.69, 9.17) is 5.73 Å². The van der Waals surface area contributed by atoms with Crippen molar-refractivity contribution >= 4 is 12.4 Å². The molecule has 4 nitrogen and oxygen atoms in total. The molecule has 1 atom stereocenters. The second-order valence-corrected chi connectivity index (χ2v) is 3.48. The second-order valence-electron chi connectivity index (χ2n) is 3.48. The van der Waals surface area contributed by atoms with Crippen LogP contribution in [0.5, 0.6) is 0 Å². The van der Waals surface area contributed by atoms with Gasteiger partial charge in [0, 0.05) is 7.05 Å². The topological polar surface area (TPSA) is 56.7 Å². The predicted molar refractivity (Wildman–Crippen MR) is 54.6 cm³/mol. The van der Waals surface area contributed by atoms with Gasteiger partial charge < -0.3 is 5.73 Å². The summed E-state index contributed by atoms with van der Waals surface area (Å²) in [7, 11) is 1.86. The largest absolute Gasteiger partial charge is 0.321 e. The van der Waals surface area contributed by atoms with Crippen LogP contribution in [-0.4, -0.2) is 14.8 Å². The number of aromatic nitrogens is 3. The fraction of sp³-hybridized carbons (Fsp3) is 0.750. The quantitative estimate of drug-likeness (QED) is 0.807. The molecule has 2 N–H and O–H groups in total. The molecule has 1 heterocycles. The number of nitrogens with zero attached hydrogens (tertiary/aromatic N) is 3. The zero-order valence-electron chi connectivity index (χ0n) is 8.27. The minimum atomic E-state index is 0. The number of rotatable bonds is 3. The molecule has 0 saturated heterocycles. The fourth-order valence-corrected chi connectivity index (χ4v) is 1.25. The molecule has 0 aromatic carbocycles. The lowest BCUT2D eigenvalue weighted by molar-refractivity contribution is 0.477. The first-order valence-corrected chi connectivity index (χ1v) is 4.20. The van der Waals surface area contributed by atoms with Gasteiger partial charge in [0.1, 0.15) is 12.2 Å². The molecule has 0 fully saturated rings. The Morgan fingerprint density at radius 2 is 2.15 bits per heavy atom. The zero-order chi connectivity index (χ0) is 9.14.